The van der Waals surface area contributed by atoms with Gasteiger partial charge in [-0.2, -0.15) is 0 Å². The van der Waals surface area contributed by atoms with Crippen molar-refractivity contribution >= 4 is 5.96 Å². The van der Waals surface area contributed by atoms with Gasteiger partial charge in [0.25, 0.3) is 0 Å². The molecule has 140 valence electrons. The Bertz CT molecular complexity index is 678. The molecule has 0 amide bonds. The van der Waals surface area contributed by atoms with Gasteiger partial charge in [-0.05, 0) is 49.3 Å². The maximum atomic E-state index is 5.18. The molecule has 2 aromatic carbocycles. The smallest absolute Gasteiger partial charge is 0.191 e. The number of ether oxygens (including phenoxy) is 1. The first kappa shape index (κ1) is 19.8. The van der Waals surface area contributed by atoms with Crippen molar-refractivity contribution in [1.82, 2.24) is 15.5 Å². The molecule has 5 nitrogen and oxygen atoms in total. The van der Waals surface area contributed by atoms with Gasteiger partial charge in [-0.25, -0.2) is 0 Å². The maximum absolute atomic E-state index is 5.18. The lowest BCUT2D eigenvalue weighted by atomic mass is 10.1. The number of nitrogens with zero attached hydrogens (tertiary/aromatic N) is 2. The second kappa shape index (κ2) is 10.5. The molecule has 0 aliphatic heterocycles. The Morgan fingerprint density at radius 2 is 1.54 bits per heavy atom. The van der Waals surface area contributed by atoms with Crippen LogP contribution >= 0.6 is 0 Å². The van der Waals surface area contributed by atoms with Crippen LogP contribution in [0.1, 0.15) is 16.7 Å². The van der Waals surface area contributed by atoms with Crippen molar-refractivity contribution < 1.29 is 4.74 Å². The zero-order valence-corrected chi connectivity index (χ0v) is 16.2. The Kier molecular flexibility index (Phi) is 7.96. The third-order valence-corrected chi connectivity index (χ3v) is 4.07. The van der Waals surface area contributed by atoms with Gasteiger partial charge in [0.1, 0.15) is 5.75 Å². The Balaban J connectivity index is 1.74. The summed E-state index contributed by atoms with van der Waals surface area (Å²) in [6.07, 6.45) is 0.934. The Hall–Kier alpha value is -2.53. The van der Waals surface area contributed by atoms with E-state index in [0.717, 1.165) is 37.8 Å². The summed E-state index contributed by atoms with van der Waals surface area (Å²) >= 11 is 0. The van der Waals surface area contributed by atoms with E-state index in [1.807, 2.05) is 12.1 Å². The summed E-state index contributed by atoms with van der Waals surface area (Å²) in [6.45, 7) is 2.54. The first-order valence-corrected chi connectivity index (χ1v) is 8.90. The van der Waals surface area contributed by atoms with Gasteiger partial charge in [0, 0.05) is 26.7 Å². The summed E-state index contributed by atoms with van der Waals surface area (Å²) in [4.78, 5) is 6.45. The van der Waals surface area contributed by atoms with Gasteiger partial charge in [-0.3, -0.25) is 4.99 Å². The lowest BCUT2D eigenvalue weighted by Crippen LogP contribution is -2.37. The largest absolute Gasteiger partial charge is 0.497 e. The van der Waals surface area contributed by atoms with E-state index in [-0.39, 0.29) is 0 Å². The lowest BCUT2D eigenvalue weighted by molar-refractivity contribution is 0.402. The molecular weight excluding hydrogens is 324 g/mol. The van der Waals surface area contributed by atoms with Gasteiger partial charge < -0.3 is 20.3 Å². The number of rotatable bonds is 8. The van der Waals surface area contributed by atoms with E-state index >= 15 is 0 Å². The zero-order chi connectivity index (χ0) is 18.8. The van der Waals surface area contributed by atoms with Gasteiger partial charge >= 0.3 is 0 Å². The summed E-state index contributed by atoms with van der Waals surface area (Å²) in [5.41, 5.74) is 3.83. The molecule has 0 atom stereocenters. The Morgan fingerprint density at radius 3 is 2.12 bits per heavy atom. The van der Waals surface area contributed by atoms with E-state index < -0.39 is 0 Å². The molecule has 0 saturated heterocycles. The van der Waals surface area contributed by atoms with Crippen LogP contribution in [-0.4, -0.2) is 45.7 Å². The van der Waals surface area contributed by atoms with Crippen LogP contribution in [0.4, 0.5) is 0 Å². The van der Waals surface area contributed by atoms with Gasteiger partial charge in [0.15, 0.2) is 5.96 Å². The average Bonchev–Trinajstić information content (AvgIpc) is 2.65. The second-order valence-electron chi connectivity index (χ2n) is 6.50. The standard InChI is InChI=1S/C21H30N4O/c1-22-21(23-14-13-17-9-11-20(26-4)12-10-17)24-15-18-5-7-19(8-6-18)16-25(2)3/h5-12H,13-16H2,1-4H3,(H2,22,23,24). The fraction of sp³-hybridized carbons (Fsp3) is 0.381. The van der Waals surface area contributed by atoms with Crippen LogP contribution in [0.25, 0.3) is 0 Å². The normalized spacial score (nSPS) is 11.5. The molecule has 0 heterocycles. The SMILES string of the molecule is CN=C(NCCc1ccc(OC)cc1)NCc1ccc(CN(C)C)cc1. The fourth-order valence-corrected chi connectivity index (χ4v) is 2.65. The molecule has 0 aliphatic carbocycles. The lowest BCUT2D eigenvalue weighted by Gasteiger charge is -2.13. The molecule has 5 heteroatoms. The molecule has 0 saturated carbocycles. The van der Waals surface area contributed by atoms with Crippen molar-refractivity contribution in [2.45, 2.75) is 19.5 Å². The highest BCUT2D eigenvalue weighted by atomic mass is 16.5. The van der Waals surface area contributed by atoms with Crippen molar-refractivity contribution in [2.24, 2.45) is 4.99 Å². The number of methoxy groups -OCH3 is 1. The van der Waals surface area contributed by atoms with Gasteiger partial charge in [0.2, 0.25) is 0 Å². The molecule has 2 aromatic rings. The maximum Gasteiger partial charge on any atom is 0.191 e. The van der Waals surface area contributed by atoms with Gasteiger partial charge in [-0.1, -0.05) is 36.4 Å². The summed E-state index contributed by atoms with van der Waals surface area (Å²) in [6, 6.07) is 16.8. The van der Waals surface area contributed by atoms with Crippen LogP contribution in [0.15, 0.2) is 53.5 Å². The summed E-state index contributed by atoms with van der Waals surface area (Å²) < 4.78 is 5.18. The molecular formula is C21H30N4O. The van der Waals surface area contributed by atoms with Crippen LogP contribution in [-0.2, 0) is 19.5 Å². The second-order valence-corrected chi connectivity index (χ2v) is 6.50. The molecule has 0 aromatic heterocycles. The third kappa shape index (κ3) is 6.76. The first-order valence-electron chi connectivity index (χ1n) is 8.90. The molecule has 26 heavy (non-hydrogen) atoms. The van der Waals surface area contributed by atoms with Crippen molar-refractivity contribution in [2.75, 3.05) is 34.8 Å². The highest BCUT2D eigenvalue weighted by Crippen LogP contribution is 2.11. The molecule has 2 N–H and O–H groups in total. The van der Waals surface area contributed by atoms with Crippen molar-refractivity contribution in [1.29, 1.82) is 0 Å². The topological polar surface area (TPSA) is 48.9 Å². The highest BCUT2D eigenvalue weighted by molar-refractivity contribution is 5.79. The number of hydrogen-bond donors (Lipinski definition) is 2. The molecule has 0 spiro atoms. The van der Waals surface area contributed by atoms with Gasteiger partial charge in [-0.15, -0.1) is 0 Å². The number of benzene rings is 2. The predicted octanol–water partition coefficient (Wildman–Crippen LogP) is 2.66. The minimum Gasteiger partial charge on any atom is -0.497 e. The average molecular weight is 354 g/mol. The van der Waals surface area contributed by atoms with Gasteiger partial charge in [0.05, 0.1) is 7.11 Å². The Labute approximate surface area is 157 Å². The van der Waals surface area contributed by atoms with E-state index in [2.05, 4.69) is 71.0 Å². The van der Waals surface area contributed by atoms with E-state index in [1.165, 1.54) is 16.7 Å². The molecule has 0 bridgehead atoms. The number of aliphatic imine (C=N–C) groups is 1. The van der Waals surface area contributed by atoms with Crippen molar-refractivity contribution in [3.8, 4) is 5.75 Å². The summed E-state index contributed by atoms with van der Waals surface area (Å²) in [7, 11) is 7.64. The first-order chi connectivity index (χ1) is 12.6. The van der Waals surface area contributed by atoms with E-state index in [0.29, 0.717) is 0 Å². The molecule has 0 aliphatic rings. The van der Waals surface area contributed by atoms with Crippen molar-refractivity contribution in [3.63, 3.8) is 0 Å². The van der Waals surface area contributed by atoms with Crippen LogP contribution in [0.5, 0.6) is 5.75 Å². The van der Waals surface area contributed by atoms with E-state index in [9.17, 15) is 0 Å². The quantitative estimate of drug-likeness (QED) is 0.565. The van der Waals surface area contributed by atoms with E-state index in [1.54, 1.807) is 14.2 Å². The highest BCUT2D eigenvalue weighted by Gasteiger charge is 2.01. The van der Waals surface area contributed by atoms with Crippen molar-refractivity contribution in [3.05, 3.63) is 65.2 Å². The summed E-state index contributed by atoms with van der Waals surface area (Å²) in [5, 5.41) is 6.71. The number of hydrogen-bond acceptors (Lipinski definition) is 3. The number of guanidine groups is 1. The Morgan fingerprint density at radius 1 is 0.923 bits per heavy atom. The van der Waals surface area contributed by atoms with Crippen LogP contribution < -0.4 is 15.4 Å². The molecule has 0 unspecified atom stereocenters. The minimum absolute atomic E-state index is 0.754. The van der Waals surface area contributed by atoms with E-state index in [4.69, 9.17) is 4.74 Å². The molecule has 2 rings (SSSR count). The predicted molar refractivity (Wildman–Crippen MR) is 109 cm³/mol. The monoisotopic (exact) mass is 354 g/mol. The minimum atomic E-state index is 0.754. The zero-order valence-electron chi connectivity index (χ0n) is 16.2. The summed E-state index contributed by atoms with van der Waals surface area (Å²) in [5.74, 6) is 1.70. The number of nitrogens with one attached hydrogen (secondary N) is 2. The molecule has 0 radical (unpaired) electrons. The fourth-order valence-electron chi connectivity index (χ4n) is 2.65. The third-order valence-electron chi connectivity index (χ3n) is 4.07. The van der Waals surface area contributed by atoms with Crippen LogP contribution in [0.3, 0.4) is 0 Å². The molecule has 0 fully saturated rings. The van der Waals surface area contributed by atoms with Crippen LogP contribution in [0.2, 0.25) is 0 Å². The van der Waals surface area contributed by atoms with Crippen LogP contribution in [0, 0.1) is 0 Å².